The molecule has 0 aliphatic carbocycles. The van der Waals surface area contributed by atoms with Crippen LogP contribution in [0.25, 0.3) is 0 Å². The van der Waals surface area contributed by atoms with Crippen molar-refractivity contribution in [3.63, 3.8) is 0 Å². The maximum Gasteiger partial charge on any atom is 0.230 e. The summed E-state index contributed by atoms with van der Waals surface area (Å²) in [4.78, 5) is 26.7. The Morgan fingerprint density at radius 3 is 2.79 bits per heavy atom. The van der Waals surface area contributed by atoms with Crippen LogP contribution >= 0.6 is 0 Å². The Labute approximate surface area is 141 Å². The van der Waals surface area contributed by atoms with Crippen molar-refractivity contribution in [1.29, 1.82) is 0 Å². The Morgan fingerprint density at radius 1 is 1.38 bits per heavy atom. The molecule has 2 aromatic rings. The molecular weight excluding hydrogens is 304 g/mol. The minimum atomic E-state index is -0.349. The molecule has 1 aliphatic heterocycles. The maximum atomic E-state index is 12.5. The van der Waals surface area contributed by atoms with E-state index in [-0.39, 0.29) is 24.2 Å². The molecule has 0 saturated carbocycles. The van der Waals surface area contributed by atoms with E-state index in [9.17, 15) is 9.59 Å². The van der Waals surface area contributed by atoms with Gasteiger partial charge in [0.15, 0.2) is 0 Å². The van der Waals surface area contributed by atoms with Crippen LogP contribution in [0, 0.1) is 12.8 Å². The van der Waals surface area contributed by atoms with Crippen LogP contribution in [0.2, 0.25) is 0 Å². The SMILES string of the molecule is CCc1ccccc1N1CC(C(=O)Nc2cc(C)nn2C)CC1=O. The van der Waals surface area contributed by atoms with Crippen LogP contribution < -0.4 is 10.2 Å². The quantitative estimate of drug-likeness (QED) is 0.937. The van der Waals surface area contributed by atoms with Crippen LogP contribution in [0.1, 0.15) is 24.6 Å². The smallest absolute Gasteiger partial charge is 0.230 e. The molecule has 6 heteroatoms. The van der Waals surface area contributed by atoms with Crippen molar-refractivity contribution in [2.45, 2.75) is 26.7 Å². The molecule has 0 bridgehead atoms. The largest absolute Gasteiger partial charge is 0.311 e. The lowest BCUT2D eigenvalue weighted by Crippen LogP contribution is -2.29. The van der Waals surface area contributed by atoms with Crippen LogP contribution in [0.4, 0.5) is 11.5 Å². The number of aryl methyl sites for hydroxylation is 3. The van der Waals surface area contributed by atoms with Crippen LogP contribution in [0.3, 0.4) is 0 Å². The zero-order chi connectivity index (χ0) is 17.3. The number of amides is 2. The van der Waals surface area contributed by atoms with E-state index in [4.69, 9.17) is 0 Å². The van der Waals surface area contributed by atoms with E-state index in [1.54, 1.807) is 16.6 Å². The average Bonchev–Trinajstić information content (AvgIpc) is 3.09. The van der Waals surface area contributed by atoms with Crippen molar-refractivity contribution in [1.82, 2.24) is 9.78 Å². The van der Waals surface area contributed by atoms with E-state index in [2.05, 4.69) is 17.3 Å². The summed E-state index contributed by atoms with van der Waals surface area (Å²) in [6, 6.07) is 9.68. The number of carbonyl (C=O) groups excluding carboxylic acids is 2. The highest BCUT2D eigenvalue weighted by Crippen LogP contribution is 2.29. The molecule has 1 atom stereocenters. The van der Waals surface area contributed by atoms with Gasteiger partial charge in [-0.2, -0.15) is 5.10 Å². The summed E-state index contributed by atoms with van der Waals surface area (Å²) in [5, 5.41) is 7.09. The van der Waals surface area contributed by atoms with E-state index < -0.39 is 0 Å². The van der Waals surface area contributed by atoms with E-state index in [0.29, 0.717) is 12.4 Å². The number of anilines is 2. The van der Waals surface area contributed by atoms with Gasteiger partial charge in [0.1, 0.15) is 5.82 Å². The highest BCUT2D eigenvalue weighted by molar-refractivity contribution is 6.03. The third-order valence-electron chi connectivity index (χ3n) is 4.41. The van der Waals surface area contributed by atoms with Gasteiger partial charge in [-0.25, -0.2) is 0 Å². The number of para-hydroxylation sites is 1. The Morgan fingerprint density at radius 2 is 2.12 bits per heavy atom. The predicted octanol–water partition coefficient (Wildman–Crippen LogP) is 2.28. The molecule has 2 heterocycles. The van der Waals surface area contributed by atoms with Gasteiger partial charge in [0.25, 0.3) is 0 Å². The monoisotopic (exact) mass is 326 g/mol. The number of hydrogen-bond donors (Lipinski definition) is 1. The van der Waals surface area contributed by atoms with Gasteiger partial charge in [-0.05, 0) is 25.0 Å². The molecule has 6 nitrogen and oxygen atoms in total. The summed E-state index contributed by atoms with van der Waals surface area (Å²) in [6.07, 6.45) is 1.09. The van der Waals surface area contributed by atoms with Crippen LogP contribution in [0.5, 0.6) is 0 Å². The third-order valence-corrected chi connectivity index (χ3v) is 4.41. The number of carbonyl (C=O) groups is 2. The van der Waals surface area contributed by atoms with E-state index >= 15 is 0 Å². The number of rotatable bonds is 4. The second-order valence-corrected chi connectivity index (χ2v) is 6.17. The van der Waals surface area contributed by atoms with E-state index in [0.717, 1.165) is 23.4 Å². The standard InChI is InChI=1S/C18H22N4O2/c1-4-13-7-5-6-8-15(13)22-11-14(10-17(22)23)18(24)19-16-9-12(2)20-21(16)3/h5-9,14H,4,10-11H2,1-3H3,(H,19,24). The summed E-state index contributed by atoms with van der Waals surface area (Å²) in [7, 11) is 1.78. The number of aromatic nitrogens is 2. The van der Waals surface area contributed by atoms with Crippen molar-refractivity contribution >= 4 is 23.3 Å². The second-order valence-electron chi connectivity index (χ2n) is 6.17. The van der Waals surface area contributed by atoms with Gasteiger partial charge in [0.2, 0.25) is 11.8 Å². The van der Waals surface area contributed by atoms with Gasteiger partial charge in [0, 0.05) is 31.8 Å². The summed E-state index contributed by atoms with van der Waals surface area (Å²) < 4.78 is 1.63. The normalized spacial score (nSPS) is 17.4. The number of hydrogen-bond acceptors (Lipinski definition) is 3. The molecule has 1 aliphatic rings. The summed E-state index contributed by atoms with van der Waals surface area (Å²) in [6.45, 7) is 4.35. The van der Waals surface area contributed by atoms with Gasteiger partial charge in [0.05, 0.1) is 11.6 Å². The van der Waals surface area contributed by atoms with Gasteiger partial charge in [-0.1, -0.05) is 25.1 Å². The Bertz CT molecular complexity index is 781. The first-order valence-corrected chi connectivity index (χ1v) is 8.19. The number of nitrogens with one attached hydrogen (secondary N) is 1. The fraction of sp³-hybridized carbons (Fsp3) is 0.389. The zero-order valence-corrected chi connectivity index (χ0v) is 14.2. The molecule has 1 aromatic heterocycles. The highest BCUT2D eigenvalue weighted by atomic mass is 16.2. The molecule has 1 aromatic carbocycles. The molecular formula is C18H22N4O2. The average molecular weight is 326 g/mol. The highest BCUT2D eigenvalue weighted by Gasteiger charge is 2.36. The molecule has 1 fully saturated rings. The molecule has 1 unspecified atom stereocenters. The first-order chi connectivity index (χ1) is 11.5. The fourth-order valence-electron chi connectivity index (χ4n) is 3.15. The predicted molar refractivity (Wildman–Crippen MR) is 92.9 cm³/mol. The number of nitrogens with zero attached hydrogens (tertiary/aromatic N) is 3. The Hall–Kier alpha value is -2.63. The molecule has 0 radical (unpaired) electrons. The second kappa shape index (κ2) is 6.47. The first-order valence-electron chi connectivity index (χ1n) is 8.19. The lowest BCUT2D eigenvalue weighted by molar-refractivity contribution is -0.122. The summed E-state index contributed by atoms with van der Waals surface area (Å²) in [5.74, 6) is 0.162. The summed E-state index contributed by atoms with van der Waals surface area (Å²) in [5.41, 5.74) is 2.87. The third kappa shape index (κ3) is 3.04. The molecule has 24 heavy (non-hydrogen) atoms. The Kier molecular flexibility index (Phi) is 4.38. The Balaban J connectivity index is 1.74. The summed E-state index contributed by atoms with van der Waals surface area (Å²) >= 11 is 0. The minimum Gasteiger partial charge on any atom is -0.311 e. The first kappa shape index (κ1) is 16.2. The van der Waals surface area contributed by atoms with Crippen LogP contribution in [-0.2, 0) is 23.1 Å². The van der Waals surface area contributed by atoms with E-state index in [1.807, 2.05) is 37.3 Å². The van der Waals surface area contributed by atoms with Gasteiger partial charge in [-0.3, -0.25) is 14.3 Å². The minimum absolute atomic E-state index is 0.00256. The number of benzene rings is 1. The van der Waals surface area contributed by atoms with Crippen LogP contribution in [-0.4, -0.2) is 28.1 Å². The van der Waals surface area contributed by atoms with Gasteiger partial charge < -0.3 is 10.2 Å². The van der Waals surface area contributed by atoms with Crippen molar-refractivity contribution in [3.05, 3.63) is 41.6 Å². The van der Waals surface area contributed by atoms with Gasteiger partial charge >= 0.3 is 0 Å². The van der Waals surface area contributed by atoms with Crippen LogP contribution in [0.15, 0.2) is 30.3 Å². The fourth-order valence-corrected chi connectivity index (χ4v) is 3.15. The van der Waals surface area contributed by atoms with Crippen molar-refractivity contribution in [3.8, 4) is 0 Å². The zero-order valence-electron chi connectivity index (χ0n) is 14.2. The van der Waals surface area contributed by atoms with Crippen molar-refractivity contribution in [2.24, 2.45) is 13.0 Å². The molecule has 126 valence electrons. The van der Waals surface area contributed by atoms with Crippen molar-refractivity contribution in [2.75, 3.05) is 16.8 Å². The molecule has 2 amide bonds. The lowest BCUT2D eigenvalue weighted by Gasteiger charge is -2.19. The molecule has 3 rings (SSSR count). The van der Waals surface area contributed by atoms with Gasteiger partial charge in [-0.15, -0.1) is 0 Å². The molecule has 1 N–H and O–H groups in total. The lowest BCUT2D eigenvalue weighted by atomic mass is 10.1. The maximum absolute atomic E-state index is 12.5. The van der Waals surface area contributed by atoms with Crippen molar-refractivity contribution < 1.29 is 9.59 Å². The van der Waals surface area contributed by atoms with E-state index in [1.165, 1.54) is 0 Å². The molecule has 1 saturated heterocycles. The molecule has 0 spiro atoms. The topological polar surface area (TPSA) is 67.2 Å².